The number of amidine groups is 2. The number of nitrogens with one attached hydrogen (secondary N) is 1. The van der Waals surface area contributed by atoms with E-state index in [1.165, 1.54) is 16.8 Å². The number of aryl methyl sites for hydroxylation is 1. The van der Waals surface area contributed by atoms with Crippen molar-refractivity contribution in [2.45, 2.75) is 27.2 Å². The summed E-state index contributed by atoms with van der Waals surface area (Å²) < 4.78 is 11.4. The first-order chi connectivity index (χ1) is 16.3. The molecule has 0 bridgehead atoms. The van der Waals surface area contributed by atoms with E-state index in [2.05, 4.69) is 23.9 Å². The predicted molar refractivity (Wildman–Crippen MR) is 138 cm³/mol. The highest BCUT2D eigenvalue weighted by atomic mass is 35.5. The van der Waals surface area contributed by atoms with Crippen LogP contribution in [0.1, 0.15) is 31.4 Å². The number of fused-ring (bicyclic) bond motifs is 1. The summed E-state index contributed by atoms with van der Waals surface area (Å²) in [5, 5.41) is 16.4. The van der Waals surface area contributed by atoms with Gasteiger partial charge in [0.05, 0.1) is 5.57 Å². The van der Waals surface area contributed by atoms with E-state index in [1.54, 1.807) is 6.08 Å². The molecule has 0 aromatic heterocycles. The number of thioether (sulfide) groups is 1. The molecule has 2 aliphatic heterocycles. The largest absolute Gasteiger partial charge is 0.490 e. The van der Waals surface area contributed by atoms with Crippen LogP contribution in [0.4, 0.5) is 0 Å². The number of carbonyl (C=O) groups is 1. The first kappa shape index (κ1) is 24.0. The SMILES string of the molecule is Cc1cc(OCCOc2ccc(/C=C3/C(=N)N4N=C(CC(C)C)SC4=NC3=O)cc2)ccc1Cl. The van der Waals surface area contributed by atoms with E-state index in [4.69, 9.17) is 26.5 Å². The minimum Gasteiger partial charge on any atom is -0.490 e. The molecule has 0 saturated carbocycles. The van der Waals surface area contributed by atoms with Gasteiger partial charge in [-0.15, -0.1) is 0 Å². The Hall–Kier alpha value is -3.10. The molecule has 0 saturated heterocycles. The van der Waals surface area contributed by atoms with Gasteiger partial charge in [-0.3, -0.25) is 10.2 Å². The van der Waals surface area contributed by atoms with Crippen molar-refractivity contribution < 1.29 is 14.3 Å². The van der Waals surface area contributed by atoms with Gasteiger partial charge < -0.3 is 9.47 Å². The van der Waals surface area contributed by atoms with Crippen LogP contribution in [0, 0.1) is 18.3 Å². The molecule has 0 fully saturated rings. The van der Waals surface area contributed by atoms with Crippen molar-refractivity contribution in [1.29, 1.82) is 5.41 Å². The lowest BCUT2D eigenvalue weighted by molar-refractivity contribution is -0.114. The number of ether oxygens (including phenoxy) is 2. The Morgan fingerprint density at radius 1 is 1.12 bits per heavy atom. The van der Waals surface area contributed by atoms with Crippen molar-refractivity contribution in [2.75, 3.05) is 13.2 Å². The second kappa shape index (κ2) is 10.4. The second-order valence-electron chi connectivity index (χ2n) is 8.29. The van der Waals surface area contributed by atoms with Crippen molar-refractivity contribution in [2.24, 2.45) is 16.0 Å². The molecule has 176 valence electrons. The summed E-state index contributed by atoms with van der Waals surface area (Å²) in [6.07, 6.45) is 2.44. The zero-order valence-corrected chi connectivity index (χ0v) is 20.7. The standard InChI is InChI=1S/C25H25ClN4O3S/c1-15(2)12-22-29-30-23(27)20(24(31)28-25(30)34-22)14-17-4-6-18(7-5-17)32-10-11-33-19-8-9-21(26)16(3)13-19/h4-9,13-15,27H,10-12H2,1-3H3/b20-14-,27-23?. The molecular weight excluding hydrogens is 472 g/mol. The summed E-state index contributed by atoms with van der Waals surface area (Å²) in [5.41, 5.74) is 1.94. The summed E-state index contributed by atoms with van der Waals surface area (Å²) in [5.74, 6) is 1.47. The molecule has 0 unspecified atom stereocenters. The van der Waals surface area contributed by atoms with Crippen molar-refractivity contribution in [1.82, 2.24) is 5.01 Å². The van der Waals surface area contributed by atoms with Gasteiger partial charge in [-0.2, -0.15) is 15.1 Å². The van der Waals surface area contributed by atoms with E-state index < -0.39 is 5.91 Å². The lowest BCUT2D eigenvalue weighted by atomic mass is 10.1. The average molecular weight is 497 g/mol. The van der Waals surface area contributed by atoms with Crippen LogP contribution in [0.25, 0.3) is 6.08 Å². The van der Waals surface area contributed by atoms with Gasteiger partial charge in [-0.1, -0.05) is 37.6 Å². The summed E-state index contributed by atoms with van der Waals surface area (Å²) in [7, 11) is 0. The number of carbonyl (C=O) groups excluding carboxylic acids is 1. The maximum Gasteiger partial charge on any atom is 0.283 e. The zero-order chi connectivity index (χ0) is 24.2. The molecule has 2 heterocycles. The maximum atomic E-state index is 12.5. The van der Waals surface area contributed by atoms with Gasteiger partial charge in [0.1, 0.15) is 29.8 Å². The van der Waals surface area contributed by atoms with E-state index >= 15 is 0 Å². The summed E-state index contributed by atoms with van der Waals surface area (Å²) in [6, 6.07) is 12.8. The molecule has 1 N–H and O–H groups in total. The number of halogens is 1. The van der Waals surface area contributed by atoms with Crippen LogP contribution in [0.5, 0.6) is 11.5 Å². The lowest BCUT2D eigenvalue weighted by Crippen LogP contribution is -2.35. The van der Waals surface area contributed by atoms with E-state index in [0.29, 0.717) is 35.1 Å². The Balaban J connectivity index is 1.35. The fourth-order valence-corrected chi connectivity index (χ4v) is 4.53. The van der Waals surface area contributed by atoms with E-state index in [0.717, 1.165) is 28.3 Å². The van der Waals surface area contributed by atoms with Crippen LogP contribution >= 0.6 is 23.4 Å². The summed E-state index contributed by atoms with van der Waals surface area (Å²) >= 11 is 7.38. The molecule has 0 radical (unpaired) electrons. The monoisotopic (exact) mass is 496 g/mol. The first-order valence-electron chi connectivity index (χ1n) is 10.9. The number of rotatable bonds is 8. The first-order valence-corrected chi connectivity index (χ1v) is 12.1. The van der Waals surface area contributed by atoms with Gasteiger partial charge in [0.2, 0.25) is 5.17 Å². The molecule has 7 nitrogen and oxygen atoms in total. The Bertz CT molecular complexity index is 1210. The minimum absolute atomic E-state index is 0.0381. The molecule has 0 atom stereocenters. The Kier molecular flexibility index (Phi) is 7.38. The van der Waals surface area contributed by atoms with Crippen molar-refractivity contribution in [3.05, 3.63) is 64.2 Å². The van der Waals surface area contributed by atoms with Crippen molar-refractivity contribution >= 4 is 51.4 Å². The Morgan fingerprint density at radius 3 is 2.47 bits per heavy atom. The van der Waals surface area contributed by atoms with Crippen LogP contribution in [-0.2, 0) is 4.79 Å². The second-order valence-corrected chi connectivity index (χ2v) is 9.74. The van der Waals surface area contributed by atoms with E-state index in [-0.39, 0.29) is 11.4 Å². The number of amides is 1. The highest BCUT2D eigenvalue weighted by Crippen LogP contribution is 2.30. The molecule has 0 spiro atoms. The maximum absolute atomic E-state index is 12.5. The summed E-state index contributed by atoms with van der Waals surface area (Å²) in [4.78, 5) is 16.7. The molecule has 9 heteroatoms. The molecule has 4 rings (SSSR count). The van der Waals surface area contributed by atoms with Gasteiger partial charge in [0.25, 0.3) is 5.91 Å². The van der Waals surface area contributed by atoms with Crippen LogP contribution in [0.15, 0.2) is 58.1 Å². The van der Waals surface area contributed by atoms with E-state index in [1.807, 2.05) is 49.4 Å². The van der Waals surface area contributed by atoms with Crippen LogP contribution < -0.4 is 9.47 Å². The van der Waals surface area contributed by atoms with Gasteiger partial charge >= 0.3 is 0 Å². The quantitative estimate of drug-likeness (QED) is 0.370. The third kappa shape index (κ3) is 5.69. The summed E-state index contributed by atoms with van der Waals surface area (Å²) in [6.45, 7) is 6.91. The molecule has 1 amide bonds. The normalized spacial score (nSPS) is 16.6. The van der Waals surface area contributed by atoms with Gasteiger partial charge in [0.15, 0.2) is 5.84 Å². The fraction of sp³-hybridized carbons (Fsp3) is 0.280. The highest BCUT2D eigenvalue weighted by Gasteiger charge is 2.35. The molecule has 0 aliphatic carbocycles. The topological polar surface area (TPSA) is 87.3 Å². The van der Waals surface area contributed by atoms with Gasteiger partial charge in [0, 0.05) is 11.4 Å². The smallest absolute Gasteiger partial charge is 0.283 e. The molecule has 2 aliphatic rings. The van der Waals surface area contributed by atoms with E-state index in [9.17, 15) is 4.79 Å². The molecule has 34 heavy (non-hydrogen) atoms. The lowest BCUT2D eigenvalue weighted by Gasteiger charge is -2.20. The number of aliphatic imine (C=N–C) groups is 1. The molecule has 2 aromatic rings. The van der Waals surface area contributed by atoms with Crippen molar-refractivity contribution in [3.63, 3.8) is 0 Å². The van der Waals surface area contributed by atoms with Crippen LogP contribution in [0.2, 0.25) is 5.02 Å². The number of benzene rings is 2. The molecule has 2 aromatic carbocycles. The minimum atomic E-state index is -0.431. The number of hydrazone groups is 1. The Morgan fingerprint density at radius 2 is 1.79 bits per heavy atom. The number of hydrogen-bond acceptors (Lipinski definition) is 6. The third-order valence-electron chi connectivity index (χ3n) is 5.02. The van der Waals surface area contributed by atoms with Gasteiger partial charge in [-0.05, 0) is 72.1 Å². The van der Waals surface area contributed by atoms with Crippen LogP contribution in [0.3, 0.4) is 0 Å². The number of nitrogens with zero attached hydrogens (tertiary/aromatic N) is 3. The van der Waals surface area contributed by atoms with Crippen molar-refractivity contribution in [3.8, 4) is 11.5 Å². The third-order valence-corrected chi connectivity index (χ3v) is 6.38. The van der Waals surface area contributed by atoms with Crippen LogP contribution in [-0.4, -0.2) is 40.2 Å². The van der Waals surface area contributed by atoms with Gasteiger partial charge in [-0.25, -0.2) is 0 Å². The highest BCUT2D eigenvalue weighted by molar-refractivity contribution is 8.26. The number of hydrogen-bond donors (Lipinski definition) is 1. The zero-order valence-electron chi connectivity index (χ0n) is 19.2. The molecular formula is C25H25ClN4O3S. The fourth-order valence-electron chi connectivity index (χ4n) is 3.32. The average Bonchev–Trinajstić information content (AvgIpc) is 3.19. The Labute approximate surface area is 208 Å². The predicted octanol–water partition coefficient (Wildman–Crippen LogP) is 5.77.